The first kappa shape index (κ1) is 24.9. The minimum atomic E-state index is -0.499. The van der Waals surface area contributed by atoms with Crippen LogP contribution in [0.25, 0.3) is 21.8 Å². The molecule has 6 aromatic rings. The largest absolute Gasteiger partial charge is 0.333 e. The van der Waals surface area contributed by atoms with E-state index >= 15 is 0 Å². The third-order valence-electron chi connectivity index (χ3n) is 7.32. The first-order chi connectivity index (χ1) is 18.7. The molecule has 0 aliphatic carbocycles. The number of fused-ring (bicyclic) bond motifs is 2. The van der Waals surface area contributed by atoms with Crippen molar-refractivity contribution in [2.75, 3.05) is 0 Å². The maximum absolute atomic E-state index is 15.0. The smallest absolute Gasteiger partial charge is 0.187 e. The van der Waals surface area contributed by atoms with Crippen molar-refractivity contribution in [2.45, 2.75) is 22.7 Å². The summed E-state index contributed by atoms with van der Waals surface area (Å²) >= 11 is 7.26. The lowest BCUT2D eigenvalue weighted by molar-refractivity contribution is -0.123. The molecule has 0 aliphatic rings. The second-order valence-electron chi connectivity index (χ2n) is 9.44. The summed E-state index contributed by atoms with van der Waals surface area (Å²) < 4.78 is 4.29. The van der Waals surface area contributed by atoms with Crippen molar-refractivity contribution in [3.63, 3.8) is 0 Å². The molecule has 4 aromatic carbocycles. The van der Waals surface area contributed by atoms with E-state index in [1.165, 1.54) is 11.1 Å². The van der Waals surface area contributed by atoms with Crippen LogP contribution in [0.15, 0.2) is 122 Å². The molecule has 0 spiro atoms. The Labute approximate surface area is 239 Å². The monoisotopic (exact) mass is 624 g/mol. The number of nitrogens with zero attached hydrogens (tertiary/aromatic N) is 2. The van der Waals surface area contributed by atoms with Gasteiger partial charge < -0.3 is 9.13 Å². The van der Waals surface area contributed by atoms with Gasteiger partial charge in [-0.1, -0.05) is 117 Å². The van der Waals surface area contributed by atoms with Crippen LogP contribution in [0, 0.1) is 0 Å². The molecule has 0 saturated heterocycles. The van der Waals surface area contributed by atoms with Crippen molar-refractivity contribution in [3.05, 3.63) is 144 Å². The highest BCUT2D eigenvalue weighted by molar-refractivity contribution is 9.08. The molecular formula is C33H26Br2N2O. The van der Waals surface area contributed by atoms with E-state index in [9.17, 15) is 4.79 Å². The molecule has 38 heavy (non-hydrogen) atoms. The van der Waals surface area contributed by atoms with E-state index in [2.05, 4.69) is 126 Å². The first-order valence-electron chi connectivity index (χ1n) is 12.6. The number of ketones is 1. The fourth-order valence-corrected chi connectivity index (χ4v) is 6.51. The van der Waals surface area contributed by atoms with Gasteiger partial charge in [-0.15, -0.1) is 0 Å². The number of halogens is 2. The number of carbonyl (C=O) groups is 1. The van der Waals surface area contributed by atoms with Crippen LogP contribution in [0.3, 0.4) is 0 Å². The number of hydrogen-bond acceptors (Lipinski definition) is 1. The van der Waals surface area contributed by atoms with Crippen LogP contribution in [0.1, 0.15) is 34.3 Å². The van der Waals surface area contributed by atoms with E-state index in [1.54, 1.807) is 0 Å². The molecule has 2 aromatic heterocycles. The van der Waals surface area contributed by atoms with Gasteiger partial charge in [-0.05, 0) is 46.5 Å². The van der Waals surface area contributed by atoms with Crippen molar-refractivity contribution >= 4 is 59.4 Å². The number of carbonyl (C=O) groups excluding carboxylic acids is 1. The van der Waals surface area contributed by atoms with Crippen molar-refractivity contribution in [1.82, 2.24) is 9.13 Å². The number of aromatic nitrogens is 2. The normalized spacial score (nSPS) is 13.1. The molecule has 0 aliphatic heterocycles. The number of benzene rings is 4. The van der Waals surface area contributed by atoms with Gasteiger partial charge in [0.1, 0.15) is 12.1 Å². The number of Topliss-reactive ketones (excluding diaryl/α,β-unsaturated/α-hetero) is 1. The predicted molar refractivity (Wildman–Crippen MR) is 163 cm³/mol. The molecule has 0 saturated carbocycles. The van der Waals surface area contributed by atoms with Crippen molar-refractivity contribution in [2.24, 2.45) is 0 Å². The van der Waals surface area contributed by atoms with Crippen LogP contribution in [0.2, 0.25) is 0 Å². The number of alkyl halides is 2. The van der Waals surface area contributed by atoms with E-state index in [0.29, 0.717) is 0 Å². The van der Waals surface area contributed by atoms with Gasteiger partial charge in [0.2, 0.25) is 0 Å². The van der Waals surface area contributed by atoms with Crippen LogP contribution < -0.4 is 0 Å². The third-order valence-corrected chi connectivity index (χ3v) is 8.53. The predicted octanol–water partition coefficient (Wildman–Crippen LogP) is 8.83. The van der Waals surface area contributed by atoms with Gasteiger partial charge in [0.25, 0.3) is 0 Å². The van der Waals surface area contributed by atoms with Gasteiger partial charge in [0.15, 0.2) is 5.78 Å². The van der Waals surface area contributed by atoms with Gasteiger partial charge in [0.05, 0.1) is 0 Å². The van der Waals surface area contributed by atoms with Crippen LogP contribution in [-0.2, 0) is 15.5 Å². The molecule has 0 N–H and O–H groups in total. The summed E-state index contributed by atoms with van der Waals surface area (Å²) in [7, 11) is 0. The Hall–Kier alpha value is -3.41. The van der Waals surface area contributed by atoms with Gasteiger partial charge in [-0.2, -0.15) is 0 Å². The second kappa shape index (κ2) is 10.8. The van der Waals surface area contributed by atoms with Gasteiger partial charge in [-0.3, -0.25) is 4.79 Å². The maximum Gasteiger partial charge on any atom is 0.187 e. The van der Waals surface area contributed by atoms with E-state index in [0.717, 1.165) is 43.6 Å². The first-order valence-corrected chi connectivity index (χ1v) is 14.9. The average molecular weight is 626 g/mol. The Morgan fingerprint density at radius 3 is 1.37 bits per heavy atom. The zero-order valence-electron chi connectivity index (χ0n) is 20.7. The lowest BCUT2D eigenvalue weighted by Crippen LogP contribution is -2.30. The molecule has 5 heteroatoms. The molecule has 6 rings (SSSR count). The fourth-order valence-electron chi connectivity index (χ4n) is 5.53. The molecule has 0 amide bonds. The minimum absolute atomic E-state index is 0.117. The summed E-state index contributed by atoms with van der Waals surface area (Å²) in [5.41, 5.74) is 6.46. The summed E-state index contributed by atoms with van der Waals surface area (Å²) in [4.78, 5) is 15.0. The minimum Gasteiger partial charge on any atom is -0.333 e. The fraction of sp³-hybridized carbons (Fsp3) is 0.121. The highest BCUT2D eigenvalue weighted by Crippen LogP contribution is 2.36. The Kier molecular flexibility index (Phi) is 7.05. The quantitative estimate of drug-likeness (QED) is 0.155. The summed E-state index contributed by atoms with van der Waals surface area (Å²) in [6.45, 7) is 0. The average Bonchev–Trinajstić information content (AvgIpc) is 3.59. The maximum atomic E-state index is 15.0. The molecule has 188 valence electrons. The van der Waals surface area contributed by atoms with E-state index in [4.69, 9.17) is 0 Å². The second-order valence-corrected chi connectivity index (χ2v) is 10.6. The summed E-state index contributed by atoms with van der Waals surface area (Å²) in [5.74, 6) is 0.117. The van der Waals surface area contributed by atoms with Gasteiger partial charge in [-0.25, -0.2) is 0 Å². The van der Waals surface area contributed by atoms with Crippen LogP contribution in [0.4, 0.5) is 0 Å². The zero-order valence-corrected chi connectivity index (χ0v) is 23.8. The van der Waals surface area contributed by atoms with Crippen molar-refractivity contribution in [1.29, 1.82) is 0 Å². The third kappa shape index (κ3) is 4.34. The molecule has 0 fully saturated rings. The summed E-state index contributed by atoms with van der Waals surface area (Å²) in [5, 5.41) is 3.83. The highest BCUT2D eigenvalue weighted by Gasteiger charge is 2.33. The van der Waals surface area contributed by atoms with Crippen molar-refractivity contribution < 1.29 is 4.79 Å². The molecule has 0 radical (unpaired) electrons. The molecule has 0 bridgehead atoms. The SMILES string of the molecule is O=C(C(c1ccccc1)n1ccc2c(CBr)cccc21)C(c1ccccc1)n1ccc2c(CBr)cccc21. The lowest BCUT2D eigenvalue weighted by Gasteiger charge is -2.27. The Bertz CT molecular complexity index is 1590. The Morgan fingerprint density at radius 2 is 0.974 bits per heavy atom. The summed E-state index contributed by atoms with van der Waals surface area (Å²) in [6, 6.07) is 36.1. The Morgan fingerprint density at radius 1 is 0.553 bits per heavy atom. The molecular weight excluding hydrogens is 600 g/mol. The zero-order chi connectivity index (χ0) is 26.1. The Balaban J connectivity index is 1.58. The molecule has 2 unspecified atom stereocenters. The molecule has 2 heterocycles. The molecule has 2 atom stereocenters. The lowest BCUT2D eigenvalue weighted by atomic mass is 9.92. The highest BCUT2D eigenvalue weighted by atomic mass is 79.9. The van der Waals surface area contributed by atoms with Crippen LogP contribution >= 0.6 is 31.9 Å². The topological polar surface area (TPSA) is 26.9 Å². The summed E-state index contributed by atoms with van der Waals surface area (Å²) in [6.07, 6.45) is 4.12. The van der Waals surface area contributed by atoms with Gasteiger partial charge in [0, 0.05) is 44.9 Å². The number of hydrogen-bond donors (Lipinski definition) is 0. The van der Waals surface area contributed by atoms with E-state index < -0.39 is 12.1 Å². The molecule has 3 nitrogen and oxygen atoms in total. The van der Waals surface area contributed by atoms with Gasteiger partial charge >= 0.3 is 0 Å². The standard InChI is InChI=1S/C33H26Br2N2O/c34-21-25-13-7-15-29-27(25)17-19-36(29)31(23-9-3-1-4-10-23)33(38)32(24-11-5-2-6-12-24)37-20-18-28-26(22-35)14-8-16-30(28)37/h1-20,31-32H,21-22H2. The number of rotatable bonds is 8. The van der Waals surface area contributed by atoms with Crippen LogP contribution in [0.5, 0.6) is 0 Å². The van der Waals surface area contributed by atoms with E-state index in [-0.39, 0.29) is 5.78 Å². The van der Waals surface area contributed by atoms with Crippen LogP contribution in [-0.4, -0.2) is 14.9 Å². The van der Waals surface area contributed by atoms with Crippen molar-refractivity contribution in [3.8, 4) is 0 Å². The van der Waals surface area contributed by atoms with E-state index in [1.807, 2.05) is 36.4 Å².